The Hall–Kier alpha value is -2.97. The Labute approximate surface area is 184 Å². The van der Waals surface area contributed by atoms with Gasteiger partial charge in [-0.15, -0.1) is 0 Å². The van der Waals surface area contributed by atoms with Crippen LogP contribution in [-0.2, 0) is 17.9 Å². The van der Waals surface area contributed by atoms with E-state index in [0.717, 1.165) is 37.2 Å². The third kappa shape index (κ3) is 3.77. The zero-order valence-electron chi connectivity index (χ0n) is 17.4. The number of amides is 4. The van der Waals surface area contributed by atoms with Crippen LogP contribution in [0, 0.1) is 6.92 Å². The molecule has 1 aromatic carbocycles. The van der Waals surface area contributed by atoms with Gasteiger partial charge in [-0.3, -0.25) is 19.8 Å². The average molecular weight is 437 g/mol. The van der Waals surface area contributed by atoms with Crippen LogP contribution in [0.5, 0.6) is 0 Å². The lowest BCUT2D eigenvalue weighted by Crippen LogP contribution is -2.56. The van der Waals surface area contributed by atoms with Crippen molar-refractivity contribution < 1.29 is 14.4 Å². The van der Waals surface area contributed by atoms with E-state index in [1.54, 1.807) is 11.3 Å². The molecule has 0 radical (unpaired) electrons. The first-order valence-electron chi connectivity index (χ1n) is 10.5. The van der Waals surface area contributed by atoms with Gasteiger partial charge in [0.2, 0.25) is 5.91 Å². The molecule has 0 unspecified atom stereocenters. The number of fused-ring (bicyclic) bond motifs is 1. The van der Waals surface area contributed by atoms with E-state index in [9.17, 15) is 14.4 Å². The van der Waals surface area contributed by atoms with E-state index in [0.29, 0.717) is 12.1 Å². The van der Waals surface area contributed by atoms with Crippen LogP contribution in [0.15, 0.2) is 35.0 Å². The van der Waals surface area contributed by atoms with Gasteiger partial charge < -0.3 is 0 Å². The van der Waals surface area contributed by atoms with E-state index in [1.165, 1.54) is 26.7 Å². The Morgan fingerprint density at radius 3 is 2.61 bits per heavy atom. The number of thiophene rings is 1. The smallest absolute Gasteiger partial charge is 0.295 e. The van der Waals surface area contributed by atoms with Crippen molar-refractivity contribution >= 4 is 34.8 Å². The van der Waals surface area contributed by atoms with Crippen molar-refractivity contribution in [1.29, 1.82) is 0 Å². The number of rotatable bonds is 4. The molecule has 0 atom stereocenters. The van der Waals surface area contributed by atoms with Crippen LogP contribution in [0.4, 0.5) is 4.79 Å². The number of hydrazine groups is 1. The second-order valence-electron chi connectivity index (χ2n) is 8.26. The predicted molar refractivity (Wildman–Crippen MR) is 118 cm³/mol. The first-order chi connectivity index (χ1) is 15.0. The van der Waals surface area contributed by atoms with Crippen molar-refractivity contribution in [2.75, 3.05) is 19.6 Å². The fourth-order valence-electron chi connectivity index (χ4n) is 4.48. The fraction of sp³-hybridized carbons (Fsp3) is 0.348. The van der Waals surface area contributed by atoms with Crippen molar-refractivity contribution in [3.63, 3.8) is 0 Å². The number of imide groups is 1. The summed E-state index contributed by atoms with van der Waals surface area (Å²) in [5.74, 6) is -0.497. The van der Waals surface area contributed by atoms with Gasteiger partial charge in [0.25, 0.3) is 5.91 Å². The molecule has 0 spiro atoms. The monoisotopic (exact) mass is 436 g/mol. The number of aryl methyl sites for hydroxylation is 1. The van der Waals surface area contributed by atoms with Gasteiger partial charge in [-0.25, -0.2) is 14.8 Å². The van der Waals surface area contributed by atoms with E-state index >= 15 is 0 Å². The maximum absolute atomic E-state index is 12.8. The molecule has 0 saturated carbocycles. The SMILES string of the molecule is Cc1cscc1C1=CCN(Cc2ccc3c(c2)CN(N2CCC(=O)NC2=O)C3=O)CC1. The molecule has 160 valence electrons. The van der Waals surface area contributed by atoms with Crippen molar-refractivity contribution in [1.82, 2.24) is 20.2 Å². The lowest BCUT2D eigenvalue weighted by Gasteiger charge is -2.33. The summed E-state index contributed by atoms with van der Waals surface area (Å²) in [4.78, 5) is 38.8. The Balaban J connectivity index is 1.26. The number of benzene rings is 1. The van der Waals surface area contributed by atoms with Gasteiger partial charge in [0, 0.05) is 31.6 Å². The summed E-state index contributed by atoms with van der Waals surface area (Å²) >= 11 is 1.75. The summed E-state index contributed by atoms with van der Waals surface area (Å²) in [7, 11) is 0. The molecule has 1 saturated heterocycles. The second kappa shape index (κ2) is 7.94. The number of hydrogen-bond acceptors (Lipinski definition) is 5. The van der Waals surface area contributed by atoms with E-state index < -0.39 is 6.03 Å². The van der Waals surface area contributed by atoms with Gasteiger partial charge in [0.15, 0.2) is 0 Å². The Morgan fingerprint density at radius 1 is 1.03 bits per heavy atom. The first kappa shape index (κ1) is 20.0. The van der Waals surface area contributed by atoms with Gasteiger partial charge in [0.1, 0.15) is 0 Å². The molecule has 1 N–H and O–H groups in total. The second-order valence-corrected chi connectivity index (χ2v) is 9.01. The van der Waals surface area contributed by atoms with Crippen LogP contribution in [0.1, 0.15) is 45.5 Å². The van der Waals surface area contributed by atoms with Crippen LogP contribution >= 0.6 is 11.3 Å². The van der Waals surface area contributed by atoms with Crippen LogP contribution < -0.4 is 5.32 Å². The van der Waals surface area contributed by atoms with Crippen LogP contribution in [-0.4, -0.2) is 52.4 Å². The number of carbonyl (C=O) groups excluding carboxylic acids is 3. The highest BCUT2D eigenvalue weighted by Crippen LogP contribution is 2.30. The largest absolute Gasteiger partial charge is 0.342 e. The summed E-state index contributed by atoms with van der Waals surface area (Å²) < 4.78 is 0. The molecule has 4 amide bonds. The quantitative estimate of drug-likeness (QED) is 0.799. The molecule has 3 aliphatic heterocycles. The van der Waals surface area contributed by atoms with E-state index in [-0.39, 0.29) is 24.8 Å². The van der Waals surface area contributed by atoms with Gasteiger partial charge in [0.05, 0.1) is 13.1 Å². The average Bonchev–Trinajstić information content (AvgIpc) is 3.32. The molecule has 0 aliphatic carbocycles. The highest BCUT2D eigenvalue weighted by Gasteiger charge is 2.36. The zero-order chi connectivity index (χ0) is 21.5. The maximum atomic E-state index is 12.8. The lowest BCUT2D eigenvalue weighted by molar-refractivity contribution is -0.123. The Kier molecular flexibility index (Phi) is 5.11. The van der Waals surface area contributed by atoms with Crippen molar-refractivity contribution in [3.05, 3.63) is 62.9 Å². The molecule has 1 fully saturated rings. The van der Waals surface area contributed by atoms with Gasteiger partial charge >= 0.3 is 6.03 Å². The molecule has 3 aliphatic rings. The maximum Gasteiger partial charge on any atom is 0.342 e. The highest BCUT2D eigenvalue weighted by atomic mass is 32.1. The number of nitrogens with zero attached hydrogens (tertiary/aromatic N) is 3. The topological polar surface area (TPSA) is 73.0 Å². The number of nitrogens with one attached hydrogen (secondary N) is 1. The third-order valence-corrected chi connectivity index (χ3v) is 7.04. The normalized spacial score (nSPS) is 19.5. The fourth-order valence-corrected chi connectivity index (χ4v) is 5.36. The minimum absolute atomic E-state index is 0.192. The van der Waals surface area contributed by atoms with Crippen LogP contribution in [0.25, 0.3) is 5.57 Å². The van der Waals surface area contributed by atoms with E-state index in [2.05, 4.69) is 40.0 Å². The standard InChI is InChI=1S/C23H24N4O3S/c1-15-13-31-14-20(15)17-4-7-25(8-5-17)11-16-2-3-19-18(10-16)12-27(22(19)29)26-9-6-21(28)24-23(26)30/h2-4,10,13-14H,5-9,11-12H2,1H3,(H,24,28,30). The highest BCUT2D eigenvalue weighted by molar-refractivity contribution is 7.08. The lowest BCUT2D eigenvalue weighted by atomic mass is 9.98. The summed E-state index contributed by atoms with van der Waals surface area (Å²) in [6, 6.07) is 5.40. The van der Waals surface area contributed by atoms with Crippen LogP contribution in [0.3, 0.4) is 0 Å². The van der Waals surface area contributed by atoms with E-state index in [4.69, 9.17) is 0 Å². The summed E-state index contributed by atoms with van der Waals surface area (Å²) in [6.45, 7) is 5.49. The molecular formula is C23H24N4O3S. The molecule has 2 aromatic rings. The van der Waals surface area contributed by atoms with Gasteiger partial charge in [-0.1, -0.05) is 18.2 Å². The zero-order valence-corrected chi connectivity index (χ0v) is 18.2. The summed E-state index contributed by atoms with van der Waals surface area (Å²) in [5.41, 5.74) is 6.88. The third-order valence-electron chi connectivity index (χ3n) is 6.18. The molecule has 31 heavy (non-hydrogen) atoms. The minimum atomic E-state index is -0.533. The Bertz CT molecular complexity index is 1110. The van der Waals surface area contributed by atoms with Crippen LogP contribution in [0.2, 0.25) is 0 Å². The molecule has 5 rings (SSSR count). The number of urea groups is 1. The Morgan fingerprint density at radius 2 is 1.90 bits per heavy atom. The summed E-state index contributed by atoms with van der Waals surface area (Å²) in [5, 5.41) is 9.49. The van der Waals surface area contributed by atoms with Crippen molar-refractivity contribution in [2.24, 2.45) is 0 Å². The van der Waals surface area contributed by atoms with E-state index in [1.807, 2.05) is 12.1 Å². The predicted octanol–water partition coefficient (Wildman–Crippen LogP) is 3.16. The minimum Gasteiger partial charge on any atom is -0.295 e. The van der Waals surface area contributed by atoms with Gasteiger partial charge in [-0.05, 0) is 58.0 Å². The molecule has 0 bridgehead atoms. The summed E-state index contributed by atoms with van der Waals surface area (Å²) in [6.07, 6.45) is 3.57. The van der Waals surface area contributed by atoms with Crippen molar-refractivity contribution in [3.8, 4) is 0 Å². The van der Waals surface area contributed by atoms with Crippen molar-refractivity contribution in [2.45, 2.75) is 32.9 Å². The first-order valence-corrected chi connectivity index (χ1v) is 11.4. The molecule has 1 aromatic heterocycles. The molecular weight excluding hydrogens is 412 g/mol. The van der Waals surface area contributed by atoms with Gasteiger partial charge in [-0.2, -0.15) is 11.3 Å². The number of carbonyl (C=O) groups is 3. The number of hydrogen-bond donors (Lipinski definition) is 1. The molecule has 7 nitrogen and oxygen atoms in total. The molecule has 4 heterocycles. The molecule has 8 heteroatoms.